The van der Waals surface area contributed by atoms with Gasteiger partial charge in [0.1, 0.15) is 0 Å². The first-order valence-electron chi connectivity index (χ1n) is 10.0. The van der Waals surface area contributed by atoms with Crippen molar-refractivity contribution in [2.75, 3.05) is 31.2 Å². The smallest absolute Gasteiger partial charge is 0.381 e. The lowest BCUT2D eigenvalue weighted by atomic mass is 9.95. The number of nitrogens with zero attached hydrogens (tertiary/aromatic N) is 2. The average molecular weight is 407 g/mol. The number of rotatable bonds is 3. The normalized spacial score (nSPS) is 21.3. The molecule has 2 saturated heterocycles. The largest absolute Gasteiger partial charge is 0.416 e. The van der Waals surface area contributed by atoms with Crippen LogP contribution in [0.15, 0.2) is 30.5 Å². The molecule has 156 valence electrons. The zero-order valence-corrected chi connectivity index (χ0v) is 16.0. The molecule has 0 bridgehead atoms. The Bertz CT molecular complexity index is 881. The number of nitrogens with one attached hydrogen (secondary N) is 1. The van der Waals surface area contributed by atoms with Crippen LogP contribution in [-0.2, 0) is 15.7 Å². The molecule has 3 heterocycles. The molecule has 1 aromatic carbocycles. The van der Waals surface area contributed by atoms with Gasteiger partial charge in [0.05, 0.1) is 17.0 Å². The van der Waals surface area contributed by atoms with E-state index in [1.54, 1.807) is 0 Å². The van der Waals surface area contributed by atoms with E-state index < -0.39 is 11.7 Å². The summed E-state index contributed by atoms with van der Waals surface area (Å²) >= 11 is 0. The number of pyridine rings is 1. The Labute approximate surface area is 167 Å². The highest BCUT2D eigenvalue weighted by Crippen LogP contribution is 2.34. The van der Waals surface area contributed by atoms with Gasteiger partial charge in [0.15, 0.2) is 0 Å². The molecule has 29 heavy (non-hydrogen) atoms. The minimum Gasteiger partial charge on any atom is -0.381 e. The number of hydrogen-bond donors (Lipinski definition) is 1. The van der Waals surface area contributed by atoms with Gasteiger partial charge in [-0.25, -0.2) is 0 Å². The zero-order valence-electron chi connectivity index (χ0n) is 16.0. The van der Waals surface area contributed by atoms with Crippen LogP contribution in [0.1, 0.15) is 31.2 Å². The summed E-state index contributed by atoms with van der Waals surface area (Å²) in [5.74, 6) is -0.0800. The van der Waals surface area contributed by atoms with Crippen LogP contribution in [-0.4, -0.2) is 43.2 Å². The molecule has 1 unspecified atom stereocenters. The maximum atomic E-state index is 13.0. The Balaban J connectivity index is 1.51. The molecule has 0 aliphatic carbocycles. The number of aromatic nitrogens is 1. The molecular weight excluding hydrogens is 383 g/mol. The molecule has 1 aromatic heterocycles. The second-order valence-corrected chi connectivity index (χ2v) is 7.74. The molecule has 0 saturated carbocycles. The second kappa shape index (κ2) is 8.18. The number of ether oxygens (including phenoxy) is 1. The first kappa shape index (κ1) is 19.9. The Morgan fingerprint density at radius 3 is 2.72 bits per heavy atom. The minimum atomic E-state index is -4.40. The second-order valence-electron chi connectivity index (χ2n) is 7.74. The van der Waals surface area contributed by atoms with Gasteiger partial charge >= 0.3 is 6.18 Å². The van der Waals surface area contributed by atoms with Crippen molar-refractivity contribution in [3.8, 4) is 0 Å². The number of anilines is 1. The highest BCUT2D eigenvalue weighted by molar-refractivity contribution is 5.92. The van der Waals surface area contributed by atoms with Crippen LogP contribution < -0.4 is 10.2 Å². The molecule has 2 aliphatic heterocycles. The molecular formula is C21H24F3N3O2. The molecule has 2 aromatic rings. The summed E-state index contributed by atoms with van der Waals surface area (Å²) < 4.78 is 44.4. The van der Waals surface area contributed by atoms with Crippen molar-refractivity contribution in [2.45, 2.75) is 37.9 Å². The Kier molecular flexibility index (Phi) is 5.63. The van der Waals surface area contributed by atoms with E-state index in [4.69, 9.17) is 4.74 Å². The van der Waals surface area contributed by atoms with Crippen LogP contribution in [0.25, 0.3) is 10.9 Å². The van der Waals surface area contributed by atoms with Crippen molar-refractivity contribution in [1.82, 2.24) is 10.3 Å². The van der Waals surface area contributed by atoms with Gasteiger partial charge in [-0.3, -0.25) is 9.78 Å². The predicted octanol–water partition coefficient (Wildman–Crippen LogP) is 3.77. The van der Waals surface area contributed by atoms with Crippen LogP contribution in [0.3, 0.4) is 0 Å². The van der Waals surface area contributed by atoms with Crippen LogP contribution in [0.5, 0.6) is 0 Å². The third kappa shape index (κ3) is 4.47. The Morgan fingerprint density at radius 1 is 1.17 bits per heavy atom. The van der Waals surface area contributed by atoms with Crippen LogP contribution in [0, 0.1) is 5.92 Å². The maximum absolute atomic E-state index is 13.0. The van der Waals surface area contributed by atoms with Crippen molar-refractivity contribution >= 4 is 22.5 Å². The number of amides is 1. The van der Waals surface area contributed by atoms with Crippen LogP contribution in [0.4, 0.5) is 18.9 Å². The number of piperidine rings is 1. The minimum absolute atomic E-state index is 0.0549. The van der Waals surface area contributed by atoms with Crippen molar-refractivity contribution < 1.29 is 22.7 Å². The van der Waals surface area contributed by atoms with E-state index in [0.29, 0.717) is 30.7 Å². The molecule has 1 amide bonds. The molecule has 0 radical (unpaired) electrons. The molecule has 5 nitrogen and oxygen atoms in total. The van der Waals surface area contributed by atoms with E-state index in [2.05, 4.69) is 15.2 Å². The SMILES string of the molecule is O=C(NC1CCOCC1)C1CCCN(c2ccnc3cc(C(F)(F)F)ccc23)C1. The van der Waals surface area contributed by atoms with Gasteiger partial charge in [-0.15, -0.1) is 0 Å². The van der Waals surface area contributed by atoms with E-state index in [-0.39, 0.29) is 17.9 Å². The predicted molar refractivity (Wildman–Crippen MR) is 104 cm³/mol. The van der Waals surface area contributed by atoms with Gasteiger partial charge in [-0.05, 0) is 43.9 Å². The standard InChI is InChI=1S/C21H24F3N3O2/c22-21(23,24)15-3-4-17-18(12-15)25-8-5-19(17)27-9-1-2-14(13-27)20(28)26-16-6-10-29-11-7-16/h3-5,8,12,14,16H,1-2,6-7,9-11,13H2,(H,26,28). The van der Waals surface area contributed by atoms with Crippen LogP contribution in [0.2, 0.25) is 0 Å². The maximum Gasteiger partial charge on any atom is 0.416 e. The number of halogens is 3. The number of carbonyl (C=O) groups is 1. The molecule has 0 spiro atoms. The summed E-state index contributed by atoms with van der Waals surface area (Å²) in [5, 5.41) is 3.81. The Morgan fingerprint density at radius 2 is 1.97 bits per heavy atom. The summed E-state index contributed by atoms with van der Waals surface area (Å²) in [6, 6.07) is 5.63. The van der Waals surface area contributed by atoms with Gasteiger partial charge in [-0.2, -0.15) is 13.2 Å². The molecule has 4 rings (SSSR count). The fraction of sp³-hybridized carbons (Fsp3) is 0.524. The quantitative estimate of drug-likeness (QED) is 0.842. The Hall–Kier alpha value is -2.35. The molecule has 8 heteroatoms. The van der Waals surface area contributed by atoms with Crippen LogP contribution >= 0.6 is 0 Å². The fourth-order valence-electron chi connectivity index (χ4n) is 4.16. The summed E-state index contributed by atoms with van der Waals surface area (Å²) in [5.41, 5.74) is 0.431. The lowest BCUT2D eigenvalue weighted by molar-refractivity contribution is -0.137. The third-order valence-electron chi connectivity index (χ3n) is 5.75. The molecule has 2 aliphatic rings. The highest BCUT2D eigenvalue weighted by atomic mass is 19.4. The van der Waals surface area contributed by atoms with E-state index in [0.717, 1.165) is 50.0 Å². The first-order valence-corrected chi connectivity index (χ1v) is 10.0. The first-order chi connectivity index (χ1) is 13.9. The summed E-state index contributed by atoms with van der Waals surface area (Å²) in [7, 11) is 0. The number of fused-ring (bicyclic) bond motifs is 1. The molecule has 2 fully saturated rings. The number of hydrogen-bond acceptors (Lipinski definition) is 4. The van der Waals surface area contributed by atoms with Gasteiger partial charge < -0.3 is 15.0 Å². The van der Waals surface area contributed by atoms with Crippen molar-refractivity contribution in [3.63, 3.8) is 0 Å². The lowest BCUT2D eigenvalue weighted by Gasteiger charge is -2.35. The summed E-state index contributed by atoms with van der Waals surface area (Å²) in [6.45, 7) is 2.66. The topological polar surface area (TPSA) is 54.5 Å². The van der Waals surface area contributed by atoms with E-state index in [9.17, 15) is 18.0 Å². The van der Waals surface area contributed by atoms with Crippen molar-refractivity contribution in [2.24, 2.45) is 5.92 Å². The zero-order chi connectivity index (χ0) is 20.4. The monoisotopic (exact) mass is 407 g/mol. The molecule has 1 atom stereocenters. The summed E-state index contributed by atoms with van der Waals surface area (Å²) in [6.07, 6.45) is 0.467. The highest BCUT2D eigenvalue weighted by Gasteiger charge is 2.32. The third-order valence-corrected chi connectivity index (χ3v) is 5.75. The van der Waals surface area contributed by atoms with Crippen molar-refractivity contribution in [3.05, 3.63) is 36.0 Å². The number of alkyl halides is 3. The van der Waals surface area contributed by atoms with Gasteiger partial charge in [0.25, 0.3) is 0 Å². The van der Waals surface area contributed by atoms with E-state index in [1.165, 1.54) is 12.3 Å². The number of benzene rings is 1. The van der Waals surface area contributed by atoms with Gasteiger partial charge in [-0.1, -0.05) is 6.07 Å². The van der Waals surface area contributed by atoms with E-state index >= 15 is 0 Å². The number of carbonyl (C=O) groups excluding carboxylic acids is 1. The van der Waals surface area contributed by atoms with Gasteiger partial charge in [0.2, 0.25) is 5.91 Å². The fourth-order valence-corrected chi connectivity index (χ4v) is 4.16. The van der Waals surface area contributed by atoms with Crippen molar-refractivity contribution in [1.29, 1.82) is 0 Å². The lowest BCUT2D eigenvalue weighted by Crippen LogP contribution is -2.47. The average Bonchev–Trinajstić information content (AvgIpc) is 2.73. The van der Waals surface area contributed by atoms with Gasteiger partial charge in [0, 0.05) is 49.6 Å². The van der Waals surface area contributed by atoms with E-state index in [1.807, 2.05) is 6.07 Å². The molecule has 1 N–H and O–H groups in total. The summed E-state index contributed by atoms with van der Waals surface area (Å²) in [4.78, 5) is 19.0.